The average molecular weight is 371 g/mol. The lowest BCUT2D eigenvalue weighted by atomic mass is 10.1. The standard InChI is InChI=1S/C14H13Br2NO/c1-9(17)13-7-4-11(16)8-14(13)18-12-5-2-10(15)3-6-12/h2-9H,17H2,1H3. The predicted octanol–water partition coefficient (Wildman–Crippen LogP) is 5.02. The lowest BCUT2D eigenvalue weighted by molar-refractivity contribution is 0.471. The van der Waals surface area contributed by atoms with Crippen LogP contribution in [0.25, 0.3) is 0 Å². The van der Waals surface area contributed by atoms with Gasteiger partial charge in [0.05, 0.1) is 0 Å². The molecule has 1 unspecified atom stereocenters. The van der Waals surface area contributed by atoms with Gasteiger partial charge in [0.1, 0.15) is 11.5 Å². The monoisotopic (exact) mass is 369 g/mol. The fraction of sp³-hybridized carbons (Fsp3) is 0.143. The van der Waals surface area contributed by atoms with Gasteiger partial charge in [0.25, 0.3) is 0 Å². The predicted molar refractivity (Wildman–Crippen MR) is 81.0 cm³/mol. The molecule has 2 nitrogen and oxygen atoms in total. The number of halogens is 2. The van der Waals surface area contributed by atoms with Crippen LogP contribution in [0.15, 0.2) is 51.4 Å². The quantitative estimate of drug-likeness (QED) is 0.822. The highest BCUT2D eigenvalue weighted by atomic mass is 79.9. The molecule has 0 heterocycles. The molecule has 0 aliphatic carbocycles. The highest BCUT2D eigenvalue weighted by molar-refractivity contribution is 9.10. The second-order valence-electron chi connectivity index (χ2n) is 4.03. The molecule has 2 aromatic rings. The van der Waals surface area contributed by atoms with Crippen LogP contribution in [0, 0.1) is 0 Å². The van der Waals surface area contributed by atoms with Crippen molar-refractivity contribution in [2.24, 2.45) is 5.73 Å². The van der Waals surface area contributed by atoms with Gasteiger partial charge in [-0.25, -0.2) is 0 Å². The number of hydrogen-bond donors (Lipinski definition) is 1. The molecule has 2 N–H and O–H groups in total. The maximum Gasteiger partial charge on any atom is 0.133 e. The molecular weight excluding hydrogens is 358 g/mol. The summed E-state index contributed by atoms with van der Waals surface area (Å²) in [5.41, 5.74) is 6.93. The van der Waals surface area contributed by atoms with Gasteiger partial charge in [0.15, 0.2) is 0 Å². The minimum absolute atomic E-state index is 0.0662. The van der Waals surface area contributed by atoms with Crippen molar-refractivity contribution < 1.29 is 4.74 Å². The Hall–Kier alpha value is -0.840. The third kappa shape index (κ3) is 3.34. The Morgan fingerprint density at radius 2 is 1.61 bits per heavy atom. The van der Waals surface area contributed by atoms with Crippen LogP contribution in [0.4, 0.5) is 0 Å². The number of nitrogens with two attached hydrogens (primary N) is 1. The van der Waals surface area contributed by atoms with E-state index >= 15 is 0 Å². The summed E-state index contributed by atoms with van der Waals surface area (Å²) >= 11 is 6.84. The number of hydrogen-bond acceptors (Lipinski definition) is 2. The molecule has 0 bridgehead atoms. The first-order valence-corrected chi connectivity index (χ1v) is 7.13. The van der Waals surface area contributed by atoms with Crippen molar-refractivity contribution in [1.82, 2.24) is 0 Å². The van der Waals surface area contributed by atoms with Crippen LogP contribution in [-0.4, -0.2) is 0 Å². The molecule has 94 valence electrons. The molecular formula is C14H13Br2NO. The Balaban J connectivity index is 2.32. The molecule has 0 saturated carbocycles. The molecule has 18 heavy (non-hydrogen) atoms. The van der Waals surface area contributed by atoms with E-state index in [2.05, 4.69) is 31.9 Å². The first-order chi connectivity index (χ1) is 8.56. The van der Waals surface area contributed by atoms with Gasteiger partial charge < -0.3 is 10.5 Å². The fourth-order valence-corrected chi connectivity index (χ4v) is 2.21. The topological polar surface area (TPSA) is 35.2 Å². The normalized spacial score (nSPS) is 12.2. The largest absolute Gasteiger partial charge is 0.457 e. The second kappa shape index (κ2) is 5.87. The zero-order valence-corrected chi connectivity index (χ0v) is 13.0. The maximum atomic E-state index is 5.94. The number of benzene rings is 2. The van der Waals surface area contributed by atoms with Crippen LogP contribution >= 0.6 is 31.9 Å². The summed E-state index contributed by atoms with van der Waals surface area (Å²) in [6, 6.07) is 13.5. The Bertz CT molecular complexity index is 538. The third-order valence-electron chi connectivity index (χ3n) is 2.51. The summed E-state index contributed by atoms with van der Waals surface area (Å²) in [6.07, 6.45) is 0. The Morgan fingerprint density at radius 1 is 1.00 bits per heavy atom. The highest BCUT2D eigenvalue weighted by Crippen LogP contribution is 2.32. The lowest BCUT2D eigenvalue weighted by Gasteiger charge is -2.14. The first kappa shape index (κ1) is 13.6. The van der Waals surface area contributed by atoms with E-state index in [0.29, 0.717) is 0 Å². The van der Waals surface area contributed by atoms with Crippen molar-refractivity contribution >= 4 is 31.9 Å². The molecule has 0 radical (unpaired) electrons. The molecule has 0 aromatic heterocycles. The summed E-state index contributed by atoms with van der Waals surface area (Å²) in [4.78, 5) is 0. The van der Waals surface area contributed by atoms with Crippen molar-refractivity contribution in [3.05, 3.63) is 57.0 Å². The Morgan fingerprint density at radius 3 is 2.22 bits per heavy atom. The SMILES string of the molecule is CC(N)c1ccc(Br)cc1Oc1ccc(Br)cc1. The van der Waals surface area contributed by atoms with Gasteiger partial charge >= 0.3 is 0 Å². The molecule has 0 aliphatic heterocycles. The smallest absolute Gasteiger partial charge is 0.133 e. The van der Waals surface area contributed by atoms with Gasteiger partial charge in [-0.05, 0) is 43.3 Å². The summed E-state index contributed by atoms with van der Waals surface area (Å²) < 4.78 is 7.87. The van der Waals surface area contributed by atoms with E-state index in [1.54, 1.807) is 0 Å². The van der Waals surface area contributed by atoms with Gasteiger partial charge in [-0.2, -0.15) is 0 Å². The fourth-order valence-electron chi connectivity index (χ4n) is 1.60. The highest BCUT2D eigenvalue weighted by Gasteiger charge is 2.09. The van der Waals surface area contributed by atoms with Crippen molar-refractivity contribution in [2.75, 3.05) is 0 Å². The van der Waals surface area contributed by atoms with Crippen molar-refractivity contribution in [2.45, 2.75) is 13.0 Å². The van der Waals surface area contributed by atoms with Crippen LogP contribution < -0.4 is 10.5 Å². The van der Waals surface area contributed by atoms with Crippen LogP contribution in [0.1, 0.15) is 18.5 Å². The molecule has 0 fully saturated rings. The lowest BCUT2D eigenvalue weighted by Crippen LogP contribution is -2.06. The minimum Gasteiger partial charge on any atom is -0.457 e. The van der Waals surface area contributed by atoms with E-state index in [4.69, 9.17) is 10.5 Å². The second-order valence-corrected chi connectivity index (χ2v) is 5.86. The number of ether oxygens (including phenoxy) is 1. The van der Waals surface area contributed by atoms with Crippen molar-refractivity contribution in [1.29, 1.82) is 0 Å². The molecule has 0 spiro atoms. The summed E-state index contributed by atoms with van der Waals surface area (Å²) in [5.74, 6) is 1.57. The molecule has 0 aliphatic rings. The zero-order chi connectivity index (χ0) is 13.1. The zero-order valence-electron chi connectivity index (χ0n) is 9.86. The molecule has 1 atom stereocenters. The van der Waals surface area contributed by atoms with E-state index in [1.165, 1.54) is 0 Å². The van der Waals surface area contributed by atoms with Crippen LogP contribution in [-0.2, 0) is 0 Å². The average Bonchev–Trinajstić information content (AvgIpc) is 2.32. The van der Waals surface area contributed by atoms with Crippen molar-refractivity contribution in [3.8, 4) is 11.5 Å². The van der Waals surface area contributed by atoms with Gasteiger partial charge in [0.2, 0.25) is 0 Å². The maximum absolute atomic E-state index is 5.94. The van der Waals surface area contributed by atoms with Crippen LogP contribution in [0.2, 0.25) is 0 Å². The minimum atomic E-state index is -0.0662. The van der Waals surface area contributed by atoms with E-state index < -0.39 is 0 Å². The third-order valence-corrected chi connectivity index (χ3v) is 3.53. The summed E-state index contributed by atoms with van der Waals surface area (Å²) in [7, 11) is 0. The molecule has 2 rings (SSSR count). The van der Waals surface area contributed by atoms with E-state index in [1.807, 2.05) is 49.4 Å². The molecule has 4 heteroatoms. The van der Waals surface area contributed by atoms with Gasteiger partial charge in [-0.3, -0.25) is 0 Å². The summed E-state index contributed by atoms with van der Waals surface area (Å²) in [6.45, 7) is 1.94. The molecule has 0 saturated heterocycles. The van der Waals surface area contributed by atoms with Gasteiger partial charge in [-0.15, -0.1) is 0 Å². The van der Waals surface area contributed by atoms with Crippen molar-refractivity contribution in [3.63, 3.8) is 0 Å². The molecule has 0 amide bonds. The van der Waals surface area contributed by atoms with E-state index in [-0.39, 0.29) is 6.04 Å². The number of rotatable bonds is 3. The Labute approximate surface area is 123 Å². The summed E-state index contributed by atoms with van der Waals surface area (Å²) in [5, 5.41) is 0. The molecule has 2 aromatic carbocycles. The Kier molecular flexibility index (Phi) is 4.43. The van der Waals surface area contributed by atoms with Crippen LogP contribution in [0.3, 0.4) is 0 Å². The van der Waals surface area contributed by atoms with Gasteiger partial charge in [0, 0.05) is 20.6 Å². The van der Waals surface area contributed by atoms with Crippen LogP contribution in [0.5, 0.6) is 11.5 Å². The van der Waals surface area contributed by atoms with E-state index in [0.717, 1.165) is 26.0 Å². The van der Waals surface area contributed by atoms with E-state index in [9.17, 15) is 0 Å². The first-order valence-electron chi connectivity index (χ1n) is 5.54. The van der Waals surface area contributed by atoms with Gasteiger partial charge in [-0.1, -0.05) is 37.9 Å².